The van der Waals surface area contributed by atoms with Gasteiger partial charge in [-0.1, -0.05) is 0 Å². The van der Waals surface area contributed by atoms with Crippen LogP contribution < -0.4 is 0 Å². The Labute approximate surface area is 77.8 Å². The van der Waals surface area contributed by atoms with Gasteiger partial charge in [0.1, 0.15) is 6.10 Å². The van der Waals surface area contributed by atoms with Crippen molar-refractivity contribution in [2.24, 2.45) is 0 Å². The van der Waals surface area contributed by atoms with Crippen molar-refractivity contribution in [3.05, 3.63) is 0 Å². The average molecular weight is 188 g/mol. The van der Waals surface area contributed by atoms with E-state index in [9.17, 15) is 5.11 Å². The first-order valence-corrected chi connectivity index (χ1v) is 4.68. The Bertz CT molecular complexity index is 192. The first-order chi connectivity index (χ1) is 6.07. The third-order valence-electron chi connectivity index (χ3n) is 2.45. The molecule has 4 nitrogen and oxygen atoms in total. The molecule has 0 aromatic carbocycles. The summed E-state index contributed by atoms with van der Waals surface area (Å²) in [7, 11) is 0. The molecule has 2 heterocycles. The van der Waals surface area contributed by atoms with Crippen molar-refractivity contribution < 1.29 is 19.3 Å². The highest BCUT2D eigenvalue weighted by Crippen LogP contribution is 2.29. The van der Waals surface area contributed by atoms with Crippen LogP contribution in [0.15, 0.2) is 0 Å². The largest absolute Gasteiger partial charge is 0.391 e. The smallest absolute Gasteiger partial charge is 0.163 e. The Hall–Kier alpha value is -0.160. The molecule has 0 bridgehead atoms. The van der Waals surface area contributed by atoms with Gasteiger partial charge in [-0.15, -0.1) is 0 Å². The van der Waals surface area contributed by atoms with Gasteiger partial charge < -0.3 is 19.3 Å². The SMILES string of the molecule is CC1(C)OCC(C2CC(O)CO2)O1. The summed E-state index contributed by atoms with van der Waals surface area (Å²) in [6.07, 6.45) is 0.297. The van der Waals surface area contributed by atoms with E-state index in [4.69, 9.17) is 14.2 Å². The monoisotopic (exact) mass is 188 g/mol. The van der Waals surface area contributed by atoms with Crippen molar-refractivity contribution in [1.82, 2.24) is 0 Å². The van der Waals surface area contributed by atoms with Gasteiger partial charge in [0.25, 0.3) is 0 Å². The van der Waals surface area contributed by atoms with Crippen molar-refractivity contribution >= 4 is 0 Å². The van der Waals surface area contributed by atoms with E-state index in [-0.39, 0.29) is 18.3 Å². The fourth-order valence-electron chi connectivity index (χ4n) is 1.80. The molecule has 0 radical (unpaired) electrons. The molecule has 0 aromatic rings. The molecule has 1 N–H and O–H groups in total. The van der Waals surface area contributed by atoms with Crippen molar-refractivity contribution in [3.63, 3.8) is 0 Å². The molecule has 2 aliphatic rings. The summed E-state index contributed by atoms with van der Waals surface area (Å²) in [6, 6.07) is 0. The second-order valence-corrected chi connectivity index (χ2v) is 4.13. The molecular weight excluding hydrogens is 172 g/mol. The lowest BCUT2D eigenvalue weighted by Gasteiger charge is -2.19. The minimum atomic E-state index is -0.498. The van der Waals surface area contributed by atoms with Crippen LogP contribution in [0.25, 0.3) is 0 Å². The molecule has 0 amide bonds. The van der Waals surface area contributed by atoms with E-state index < -0.39 is 5.79 Å². The van der Waals surface area contributed by atoms with Crippen LogP contribution in [0.2, 0.25) is 0 Å². The van der Waals surface area contributed by atoms with Crippen molar-refractivity contribution in [1.29, 1.82) is 0 Å². The number of ether oxygens (including phenoxy) is 3. The molecule has 0 saturated carbocycles. The molecule has 76 valence electrons. The highest BCUT2D eigenvalue weighted by Gasteiger charge is 2.40. The Morgan fingerprint density at radius 2 is 2.00 bits per heavy atom. The lowest BCUT2D eigenvalue weighted by Crippen LogP contribution is -2.30. The van der Waals surface area contributed by atoms with E-state index in [0.29, 0.717) is 19.6 Å². The van der Waals surface area contributed by atoms with E-state index in [2.05, 4.69) is 0 Å². The highest BCUT2D eigenvalue weighted by atomic mass is 16.7. The van der Waals surface area contributed by atoms with Crippen molar-refractivity contribution in [2.75, 3.05) is 13.2 Å². The lowest BCUT2D eigenvalue weighted by atomic mass is 10.1. The standard InChI is InChI=1S/C9H16O4/c1-9(2)12-5-8(13-9)7-3-6(10)4-11-7/h6-8,10H,3-5H2,1-2H3. The molecular formula is C9H16O4. The first-order valence-electron chi connectivity index (χ1n) is 4.68. The van der Waals surface area contributed by atoms with E-state index in [0.717, 1.165) is 0 Å². The second-order valence-electron chi connectivity index (χ2n) is 4.13. The predicted molar refractivity (Wildman–Crippen MR) is 45.3 cm³/mol. The van der Waals surface area contributed by atoms with Crippen LogP contribution in [0, 0.1) is 0 Å². The summed E-state index contributed by atoms with van der Waals surface area (Å²) < 4.78 is 16.4. The minimum Gasteiger partial charge on any atom is -0.391 e. The summed E-state index contributed by atoms with van der Waals surface area (Å²) in [4.78, 5) is 0. The van der Waals surface area contributed by atoms with E-state index in [1.54, 1.807) is 0 Å². The molecule has 2 fully saturated rings. The fraction of sp³-hybridized carbons (Fsp3) is 1.00. The third-order valence-corrected chi connectivity index (χ3v) is 2.45. The van der Waals surface area contributed by atoms with Crippen LogP contribution in [-0.4, -0.2) is 42.4 Å². The van der Waals surface area contributed by atoms with Gasteiger partial charge in [-0.3, -0.25) is 0 Å². The number of aliphatic hydroxyl groups is 1. The molecule has 2 rings (SSSR count). The van der Waals surface area contributed by atoms with Crippen LogP contribution in [0.4, 0.5) is 0 Å². The second kappa shape index (κ2) is 3.20. The summed E-state index contributed by atoms with van der Waals surface area (Å²) in [5, 5.41) is 9.27. The quantitative estimate of drug-likeness (QED) is 0.642. The lowest BCUT2D eigenvalue weighted by molar-refractivity contribution is -0.151. The Balaban J connectivity index is 1.89. The topological polar surface area (TPSA) is 47.9 Å². The van der Waals surface area contributed by atoms with Crippen LogP contribution >= 0.6 is 0 Å². The maximum Gasteiger partial charge on any atom is 0.163 e. The normalized spacial score (nSPS) is 44.1. The number of hydrogen-bond acceptors (Lipinski definition) is 4. The number of hydrogen-bond donors (Lipinski definition) is 1. The zero-order chi connectivity index (χ0) is 9.47. The van der Waals surface area contributed by atoms with Gasteiger partial charge in [-0.25, -0.2) is 0 Å². The third kappa shape index (κ3) is 2.02. The summed E-state index contributed by atoms with van der Waals surface area (Å²) in [5.74, 6) is -0.498. The predicted octanol–water partition coefficient (Wildman–Crippen LogP) is 0.288. The summed E-state index contributed by atoms with van der Waals surface area (Å²) >= 11 is 0. The van der Waals surface area contributed by atoms with Crippen molar-refractivity contribution in [3.8, 4) is 0 Å². The molecule has 3 atom stereocenters. The van der Waals surface area contributed by atoms with E-state index in [1.807, 2.05) is 13.8 Å². The molecule has 3 unspecified atom stereocenters. The zero-order valence-electron chi connectivity index (χ0n) is 8.03. The Morgan fingerprint density at radius 3 is 2.46 bits per heavy atom. The Morgan fingerprint density at radius 1 is 1.23 bits per heavy atom. The average Bonchev–Trinajstić information content (AvgIpc) is 2.56. The maximum atomic E-state index is 9.27. The van der Waals surface area contributed by atoms with Gasteiger partial charge in [-0.05, 0) is 13.8 Å². The molecule has 2 saturated heterocycles. The number of rotatable bonds is 1. The van der Waals surface area contributed by atoms with E-state index in [1.165, 1.54) is 0 Å². The van der Waals surface area contributed by atoms with Gasteiger partial charge >= 0.3 is 0 Å². The highest BCUT2D eigenvalue weighted by molar-refractivity contribution is 4.84. The minimum absolute atomic E-state index is 0.00299. The van der Waals surface area contributed by atoms with Crippen molar-refractivity contribution in [2.45, 2.75) is 44.4 Å². The van der Waals surface area contributed by atoms with Crippen LogP contribution in [-0.2, 0) is 14.2 Å². The van der Waals surface area contributed by atoms with Gasteiger partial charge in [0, 0.05) is 6.42 Å². The molecule has 13 heavy (non-hydrogen) atoms. The van der Waals surface area contributed by atoms with Gasteiger partial charge in [-0.2, -0.15) is 0 Å². The molecule has 2 aliphatic heterocycles. The van der Waals surface area contributed by atoms with Gasteiger partial charge in [0.15, 0.2) is 5.79 Å². The summed E-state index contributed by atoms with van der Waals surface area (Å²) in [5.41, 5.74) is 0. The van der Waals surface area contributed by atoms with Gasteiger partial charge in [0.2, 0.25) is 0 Å². The number of aliphatic hydroxyl groups excluding tert-OH is 1. The molecule has 4 heteroatoms. The first kappa shape index (κ1) is 9.40. The molecule has 0 aromatic heterocycles. The van der Waals surface area contributed by atoms with Crippen LogP contribution in [0.3, 0.4) is 0 Å². The maximum absolute atomic E-state index is 9.27. The fourth-order valence-corrected chi connectivity index (χ4v) is 1.80. The Kier molecular flexibility index (Phi) is 2.32. The zero-order valence-corrected chi connectivity index (χ0v) is 8.03. The molecule has 0 aliphatic carbocycles. The molecule has 0 spiro atoms. The van der Waals surface area contributed by atoms with Gasteiger partial charge in [0.05, 0.1) is 25.4 Å². The summed E-state index contributed by atoms with van der Waals surface area (Å²) in [6.45, 7) is 4.76. The van der Waals surface area contributed by atoms with Crippen LogP contribution in [0.1, 0.15) is 20.3 Å². The van der Waals surface area contributed by atoms with E-state index >= 15 is 0 Å². The van der Waals surface area contributed by atoms with Crippen LogP contribution in [0.5, 0.6) is 0 Å².